The van der Waals surface area contributed by atoms with Crippen LogP contribution < -0.4 is 0 Å². The second-order valence-corrected chi connectivity index (χ2v) is 3.95. The molecule has 0 N–H and O–H groups in total. The van der Waals surface area contributed by atoms with Gasteiger partial charge in [-0.05, 0) is 35.2 Å². The van der Waals surface area contributed by atoms with E-state index in [4.69, 9.17) is 5.53 Å². The van der Waals surface area contributed by atoms with E-state index in [1.807, 2.05) is 42.6 Å². The Kier molecular flexibility index (Phi) is 2.48. The average Bonchev–Trinajstić information content (AvgIpc) is 2.84. The van der Waals surface area contributed by atoms with E-state index in [-0.39, 0.29) is 0 Å². The minimum Gasteiger partial charge on any atom is -0.317 e. The maximum atomic E-state index is 8.37. The molecule has 3 rings (SSSR count). The first-order chi connectivity index (χ1) is 8.88. The average molecular weight is 234 g/mol. The van der Waals surface area contributed by atoms with Crippen molar-refractivity contribution in [2.75, 3.05) is 0 Å². The van der Waals surface area contributed by atoms with Gasteiger partial charge in [0, 0.05) is 22.5 Å². The van der Waals surface area contributed by atoms with Gasteiger partial charge in [0.2, 0.25) is 0 Å². The van der Waals surface area contributed by atoms with E-state index in [0.717, 1.165) is 11.2 Å². The van der Waals surface area contributed by atoms with Crippen LogP contribution in [-0.2, 0) is 0 Å². The molecule has 0 radical (unpaired) electrons. The summed E-state index contributed by atoms with van der Waals surface area (Å²) >= 11 is 0. The maximum absolute atomic E-state index is 8.37. The molecule has 0 spiro atoms. The van der Waals surface area contributed by atoms with Crippen LogP contribution in [0.1, 0.15) is 0 Å². The van der Waals surface area contributed by atoms with Crippen LogP contribution in [0.15, 0.2) is 65.9 Å². The summed E-state index contributed by atoms with van der Waals surface area (Å²) in [5, 5.41) is 4.77. The first-order valence-electron chi connectivity index (χ1n) is 5.60. The maximum Gasteiger partial charge on any atom is 0.0528 e. The van der Waals surface area contributed by atoms with Crippen molar-refractivity contribution < 1.29 is 0 Å². The highest BCUT2D eigenvalue weighted by molar-refractivity contribution is 5.81. The summed E-state index contributed by atoms with van der Waals surface area (Å²) in [6.07, 6.45) is 2.03. The lowest BCUT2D eigenvalue weighted by atomic mass is 10.2. The van der Waals surface area contributed by atoms with E-state index in [9.17, 15) is 0 Å². The fraction of sp³-hybridized carbons (Fsp3) is 0. The molecule has 0 atom stereocenters. The zero-order valence-corrected chi connectivity index (χ0v) is 9.56. The Morgan fingerprint density at radius 3 is 2.50 bits per heavy atom. The van der Waals surface area contributed by atoms with E-state index in [0.29, 0.717) is 5.69 Å². The monoisotopic (exact) mass is 234 g/mol. The van der Waals surface area contributed by atoms with E-state index in [1.165, 1.54) is 5.39 Å². The smallest absolute Gasteiger partial charge is 0.0528 e. The molecule has 0 unspecified atom stereocenters. The molecular weight excluding hydrogens is 224 g/mol. The van der Waals surface area contributed by atoms with Crippen LogP contribution in [-0.4, -0.2) is 4.57 Å². The molecule has 0 aliphatic carbocycles. The van der Waals surface area contributed by atoms with E-state index < -0.39 is 0 Å². The Bertz CT molecular complexity index is 734. The summed E-state index contributed by atoms with van der Waals surface area (Å²) in [6.45, 7) is 0. The lowest BCUT2D eigenvalue weighted by Gasteiger charge is -2.05. The molecular formula is C14H10N4. The second-order valence-electron chi connectivity index (χ2n) is 3.95. The third-order valence-corrected chi connectivity index (χ3v) is 2.89. The highest BCUT2D eigenvalue weighted by Crippen LogP contribution is 2.22. The van der Waals surface area contributed by atoms with Gasteiger partial charge >= 0.3 is 0 Å². The molecule has 18 heavy (non-hydrogen) atoms. The molecule has 4 nitrogen and oxygen atoms in total. The van der Waals surface area contributed by atoms with Gasteiger partial charge in [-0.1, -0.05) is 35.4 Å². The minimum atomic E-state index is 0.623. The molecule has 0 saturated carbocycles. The van der Waals surface area contributed by atoms with Crippen molar-refractivity contribution in [3.8, 4) is 5.69 Å². The van der Waals surface area contributed by atoms with Crippen molar-refractivity contribution in [1.29, 1.82) is 0 Å². The highest BCUT2D eigenvalue weighted by Gasteiger charge is 2.01. The second kappa shape index (κ2) is 4.28. The van der Waals surface area contributed by atoms with Gasteiger partial charge in [-0.2, -0.15) is 0 Å². The summed E-state index contributed by atoms with van der Waals surface area (Å²) in [6, 6.07) is 17.8. The van der Waals surface area contributed by atoms with Gasteiger partial charge in [-0.3, -0.25) is 0 Å². The Hall–Kier alpha value is -2.71. The van der Waals surface area contributed by atoms with Crippen molar-refractivity contribution in [3.05, 3.63) is 71.2 Å². The third kappa shape index (κ3) is 1.71. The predicted molar refractivity (Wildman–Crippen MR) is 72.1 cm³/mol. The molecule has 0 aliphatic heterocycles. The van der Waals surface area contributed by atoms with Gasteiger partial charge in [0.05, 0.1) is 5.52 Å². The van der Waals surface area contributed by atoms with Gasteiger partial charge in [-0.25, -0.2) is 0 Å². The number of hydrogen-bond acceptors (Lipinski definition) is 1. The first kappa shape index (κ1) is 10.4. The lowest BCUT2D eigenvalue weighted by molar-refractivity contribution is 1.13. The van der Waals surface area contributed by atoms with Gasteiger partial charge in [0.1, 0.15) is 0 Å². The van der Waals surface area contributed by atoms with Crippen LogP contribution in [0.5, 0.6) is 0 Å². The molecule has 0 saturated heterocycles. The zero-order valence-electron chi connectivity index (χ0n) is 9.56. The van der Waals surface area contributed by atoms with Crippen molar-refractivity contribution >= 4 is 16.6 Å². The van der Waals surface area contributed by atoms with Crippen LogP contribution in [0.25, 0.3) is 27.0 Å². The van der Waals surface area contributed by atoms with Gasteiger partial charge in [0.15, 0.2) is 0 Å². The Labute approximate surface area is 104 Å². The highest BCUT2D eigenvalue weighted by atomic mass is 15.1. The normalized spacial score (nSPS) is 10.2. The van der Waals surface area contributed by atoms with Gasteiger partial charge in [-0.15, -0.1) is 0 Å². The largest absolute Gasteiger partial charge is 0.317 e. The molecule has 3 aromatic rings. The van der Waals surface area contributed by atoms with Crippen LogP contribution >= 0.6 is 0 Å². The Morgan fingerprint density at radius 1 is 0.944 bits per heavy atom. The quantitative estimate of drug-likeness (QED) is 0.354. The van der Waals surface area contributed by atoms with Crippen molar-refractivity contribution in [3.63, 3.8) is 0 Å². The molecule has 86 valence electrons. The van der Waals surface area contributed by atoms with E-state index >= 15 is 0 Å². The number of benzene rings is 2. The predicted octanol–water partition coefficient (Wildman–Crippen LogP) is 4.57. The summed E-state index contributed by atoms with van der Waals surface area (Å²) in [5.74, 6) is 0. The van der Waals surface area contributed by atoms with Gasteiger partial charge < -0.3 is 4.57 Å². The summed E-state index contributed by atoms with van der Waals surface area (Å²) in [4.78, 5) is 2.77. The molecule has 0 amide bonds. The van der Waals surface area contributed by atoms with Crippen LogP contribution in [0, 0.1) is 0 Å². The van der Waals surface area contributed by atoms with Crippen LogP contribution in [0.2, 0.25) is 0 Å². The molecule has 4 heteroatoms. The van der Waals surface area contributed by atoms with Crippen molar-refractivity contribution in [1.82, 2.24) is 4.57 Å². The molecule has 0 fully saturated rings. The third-order valence-electron chi connectivity index (χ3n) is 2.89. The topological polar surface area (TPSA) is 53.7 Å². The number of nitrogens with zero attached hydrogens (tertiary/aromatic N) is 4. The van der Waals surface area contributed by atoms with Crippen LogP contribution in [0.4, 0.5) is 5.69 Å². The fourth-order valence-corrected chi connectivity index (χ4v) is 2.04. The standard InChI is InChI=1S/C14H10N4/c15-17-16-12-5-7-13(8-6-12)18-10-9-11-3-1-2-4-14(11)18/h1-10H. The Balaban J connectivity index is 2.11. The lowest BCUT2D eigenvalue weighted by Crippen LogP contribution is -1.90. The molecule has 1 heterocycles. The van der Waals surface area contributed by atoms with E-state index in [2.05, 4.69) is 32.8 Å². The number of azide groups is 1. The fourth-order valence-electron chi connectivity index (χ4n) is 2.04. The summed E-state index contributed by atoms with van der Waals surface area (Å²) < 4.78 is 2.11. The molecule has 1 aromatic heterocycles. The molecule has 0 bridgehead atoms. The zero-order chi connectivity index (χ0) is 12.4. The molecule has 2 aromatic carbocycles. The van der Waals surface area contributed by atoms with Crippen molar-refractivity contribution in [2.24, 2.45) is 5.11 Å². The van der Waals surface area contributed by atoms with Gasteiger partial charge in [0.25, 0.3) is 0 Å². The summed E-state index contributed by atoms with van der Waals surface area (Å²) in [7, 11) is 0. The summed E-state index contributed by atoms with van der Waals surface area (Å²) in [5.41, 5.74) is 11.2. The number of rotatable bonds is 2. The minimum absolute atomic E-state index is 0.623. The number of hydrogen-bond donors (Lipinski definition) is 0. The first-order valence-corrected chi connectivity index (χ1v) is 5.60. The van der Waals surface area contributed by atoms with Crippen molar-refractivity contribution in [2.45, 2.75) is 0 Å². The SMILES string of the molecule is [N-]=[N+]=Nc1ccc(-n2ccc3ccccc32)cc1. The number of para-hydroxylation sites is 1. The molecule has 0 aliphatic rings. The van der Waals surface area contributed by atoms with Crippen LogP contribution in [0.3, 0.4) is 0 Å². The number of aromatic nitrogens is 1. The van der Waals surface area contributed by atoms with E-state index in [1.54, 1.807) is 0 Å². The Morgan fingerprint density at radius 2 is 1.72 bits per heavy atom. The number of fused-ring (bicyclic) bond motifs is 1.